The van der Waals surface area contributed by atoms with Crippen molar-refractivity contribution in [1.82, 2.24) is 24.2 Å². The van der Waals surface area contributed by atoms with Crippen molar-refractivity contribution in [2.24, 2.45) is 0 Å². The molecule has 31 heavy (non-hydrogen) atoms. The first-order chi connectivity index (χ1) is 14.9. The Morgan fingerprint density at radius 2 is 2.00 bits per heavy atom. The molecule has 3 aromatic heterocycles. The summed E-state index contributed by atoms with van der Waals surface area (Å²) in [4.78, 5) is 32.4. The maximum Gasteiger partial charge on any atom is 0.229 e. The molecule has 0 spiro atoms. The topological polar surface area (TPSA) is 113 Å². The lowest BCUT2D eigenvalue weighted by molar-refractivity contribution is -0.114. The molecule has 1 aliphatic heterocycles. The van der Waals surface area contributed by atoms with E-state index in [-0.39, 0.29) is 11.9 Å². The van der Waals surface area contributed by atoms with Crippen LogP contribution in [0.15, 0.2) is 18.5 Å². The number of nitrogens with zero attached hydrogens (tertiary/aromatic N) is 6. The molecule has 4 heterocycles. The predicted octanol–water partition coefficient (Wildman–Crippen LogP) is 1.67. The van der Waals surface area contributed by atoms with E-state index in [1.807, 2.05) is 13.1 Å². The molecule has 3 aromatic rings. The maximum atomic E-state index is 11.8. The number of carbonyl (C=O) groups is 1. The van der Waals surface area contributed by atoms with E-state index in [0.29, 0.717) is 31.1 Å². The molecule has 4 rings (SSSR count). The molecular formula is C19H23N7O3S2. The molecule has 12 heteroatoms. The fraction of sp³-hybridized carbons (Fsp3) is 0.421. The Labute approximate surface area is 186 Å². The number of rotatable bonds is 6. The van der Waals surface area contributed by atoms with Crippen molar-refractivity contribution < 1.29 is 13.7 Å². The lowest BCUT2D eigenvalue weighted by Crippen LogP contribution is -2.36. The summed E-state index contributed by atoms with van der Waals surface area (Å²) in [6.45, 7) is 4.75. The third-order valence-electron chi connectivity index (χ3n) is 4.73. The molecule has 1 amide bonds. The Balaban J connectivity index is 1.75. The van der Waals surface area contributed by atoms with Gasteiger partial charge in [0.15, 0.2) is 11.6 Å². The molecule has 1 fully saturated rings. The van der Waals surface area contributed by atoms with Gasteiger partial charge in [0.2, 0.25) is 11.9 Å². The molecule has 164 valence electrons. The molecule has 0 saturated carbocycles. The predicted molar refractivity (Wildman–Crippen MR) is 121 cm³/mol. The van der Waals surface area contributed by atoms with Crippen LogP contribution in [-0.2, 0) is 27.1 Å². The Morgan fingerprint density at radius 3 is 2.65 bits per heavy atom. The molecule has 0 radical (unpaired) electrons. The molecule has 10 nitrogen and oxygen atoms in total. The number of hydrogen-bond acceptors (Lipinski definition) is 9. The molecule has 1 saturated heterocycles. The minimum atomic E-state index is -1.05. The summed E-state index contributed by atoms with van der Waals surface area (Å²) in [5.41, 5.74) is 1.48. The second-order valence-corrected chi connectivity index (χ2v) is 9.69. The van der Waals surface area contributed by atoms with E-state index in [1.54, 1.807) is 34.3 Å². The SMILES string of the molecule is CC(=O)Nc1ncc(-c2nc(N3CCOCC3)c3sc(CN(C)S(C)=O)cc3n2)cn1. The number of hydrogen-bond donors (Lipinski definition) is 1. The Bertz CT molecular complexity index is 1110. The summed E-state index contributed by atoms with van der Waals surface area (Å²) >= 11 is 1.61. The minimum Gasteiger partial charge on any atom is -0.378 e. The molecule has 1 unspecified atom stereocenters. The van der Waals surface area contributed by atoms with Crippen molar-refractivity contribution in [2.45, 2.75) is 13.5 Å². The quantitative estimate of drug-likeness (QED) is 0.590. The van der Waals surface area contributed by atoms with Gasteiger partial charge in [-0.25, -0.2) is 28.5 Å². The summed E-state index contributed by atoms with van der Waals surface area (Å²) in [6, 6.07) is 2.02. The van der Waals surface area contributed by atoms with E-state index < -0.39 is 11.0 Å². The van der Waals surface area contributed by atoms with E-state index in [1.165, 1.54) is 6.92 Å². The number of ether oxygens (including phenoxy) is 1. The highest BCUT2D eigenvalue weighted by atomic mass is 32.2. The summed E-state index contributed by atoms with van der Waals surface area (Å²) in [6.07, 6.45) is 4.86. The molecule has 1 aliphatic rings. The largest absolute Gasteiger partial charge is 0.378 e. The standard InChI is InChI=1S/C19H23N7O3S2/c1-12(27)22-19-20-9-13(10-21-19)17-23-15-8-14(11-25(2)31(3)28)30-16(15)18(24-17)26-4-6-29-7-5-26/h8-10H,4-7,11H2,1-3H3,(H,20,21,22,27). The van der Waals surface area contributed by atoms with Crippen molar-refractivity contribution in [3.05, 3.63) is 23.3 Å². The van der Waals surface area contributed by atoms with Crippen LogP contribution in [0.3, 0.4) is 0 Å². The minimum absolute atomic E-state index is 0.233. The lowest BCUT2D eigenvalue weighted by Gasteiger charge is -2.28. The normalized spacial score (nSPS) is 15.4. The van der Waals surface area contributed by atoms with Gasteiger partial charge in [-0.3, -0.25) is 10.1 Å². The number of fused-ring (bicyclic) bond motifs is 1. The van der Waals surface area contributed by atoms with Crippen LogP contribution in [0.25, 0.3) is 21.6 Å². The van der Waals surface area contributed by atoms with Crippen LogP contribution in [0.1, 0.15) is 11.8 Å². The fourth-order valence-electron chi connectivity index (χ4n) is 3.14. The third kappa shape index (κ3) is 5.03. The molecular weight excluding hydrogens is 438 g/mol. The second-order valence-electron chi connectivity index (χ2n) is 7.08. The van der Waals surface area contributed by atoms with Crippen molar-refractivity contribution in [3.8, 4) is 11.4 Å². The zero-order chi connectivity index (χ0) is 22.0. The van der Waals surface area contributed by atoms with E-state index in [9.17, 15) is 9.00 Å². The van der Waals surface area contributed by atoms with Crippen LogP contribution >= 0.6 is 11.3 Å². The molecule has 0 bridgehead atoms. The molecule has 1 atom stereocenters. The molecule has 1 N–H and O–H groups in total. The van der Waals surface area contributed by atoms with Crippen LogP contribution < -0.4 is 10.2 Å². The number of nitrogens with one attached hydrogen (secondary N) is 1. The first-order valence-corrected chi connectivity index (χ1v) is 12.0. The van der Waals surface area contributed by atoms with Gasteiger partial charge in [-0.1, -0.05) is 0 Å². The van der Waals surface area contributed by atoms with Crippen LogP contribution in [0.4, 0.5) is 11.8 Å². The summed E-state index contributed by atoms with van der Waals surface area (Å²) in [7, 11) is 0.775. The number of anilines is 2. The van der Waals surface area contributed by atoms with E-state index >= 15 is 0 Å². The van der Waals surface area contributed by atoms with Crippen molar-refractivity contribution in [2.75, 3.05) is 49.8 Å². The average molecular weight is 462 g/mol. The fourth-order valence-corrected chi connectivity index (χ4v) is 4.71. The van der Waals surface area contributed by atoms with Crippen LogP contribution in [0, 0.1) is 0 Å². The van der Waals surface area contributed by atoms with Crippen molar-refractivity contribution in [3.63, 3.8) is 0 Å². The number of morpholine rings is 1. The average Bonchev–Trinajstić information content (AvgIpc) is 3.16. The summed E-state index contributed by atoms with van der Waals surface area (Å²) in [5.74, 6) is 1.37. The van der Waals surface area contributed by atoms with Crippen LogP contribution in [0.2, 0.25) is 0 Å². The molecule has 0 aliphatic carbocycles. The van der Waals surface area contributed by atoms with Gasteiger partial charge in [0, 0.05) is 57.1 Å². The van der Waals surface area contributed by atoms with Gasteiger partial charge in [-0.2, -0.15) is 0 Å². The van der Waals surface area contributed by atoms with Gasteiger partial charge in [-0.15, -0.1) is 11.3 Å². The smallest absolute Gasteiger partial charge is 0.229 e. The van der Waals surface area contributed by atoms with Crippen LogP contribution in [0.5, 0.6) is 0 Å². The third-order valence-corrected chi connectivity index (χ3v) is 6.84. The summed E-state index contributed by atoms with van der Waals surface area (Å²) < 4.78 is 20.0. The highest BCUT2D eigenvalue weighted by Gasteiger charge is 2.21. The first kappa shape index (κ1) is 21.7. The van der Waals surface area contributed by atoms with Gasteiger partial charge < -0.3 is 9.64 Å². The zero-order valence-electron chi connectivity index (χ0n) is 17.5. The van der Waals surface area contributed by atoms with E-state index in [0.717, 1.165) is 34.0 Å². The van der Waals surface area contributed by atoms with E-state index in [2.05, 4.69) is 20.2 Å². The monoisotopic (exact) mass is 461 g/mol. The zero-order valence-corrected chi connectivity index (χ0v) is 19.1. The highest BCUT2D eigenvalue weighted by molar-refractivity contribution is 7.81. The second kappa shape index (κ2) is 9.30. The Morgan fingerprint density at radius 1 is 1.29 bits per heavy atom. The lowest BCUT2D eigenvalue weighted by atomic mass is 10.3. The first-order valence-electron chi connectivity index (χ1n) is 9.68. The van der Waals surface area contributed by atoms with Gasteiger partial charge in [-0.05, 0) is 6.07 Å². The van der Waals surface area contributed by atoms with Crippen molar-refractivity contribution in [1.29, 1.82) is 0 Å². The van der Waals surface area contributed by atoms with Gasteiger partial charge in [0.1, 0.15) is 0 Å². The Hall–Kier alpha value is -2.54. The van der Waals surface area contributed by atoms with Gasteiger partial charge in [0.05, 0.1) is 40.0 Å². The highest BCUT2D eigenvalue weighted by Crippen LogP contribution is 2.34. The maximum absolute atomic E-state index is 11.8. The number of amides is 1. The number of thiophene rings is 1. The Kier molecular flexibility index (Phi) is 6.51. The van der Waals surface area contributed by atoms with Crippen molar-refractivity contribution >= 4 is 50.2 Å². The number of carbonyl (C=O) groups excluding carboxylic acids is 1. The molecule has 0 aromatic carbocycles. The number of aromatic nitrogens is 4. The van der Waals surface area contributed by atoms with Crippen LogP contribution in [-0.4, -0.2) is 74.0 Å². The summed E-state index contributed by atoms with van der Waals surface area (Å²) in [5, 5.41) is 2.55. The van der Waals surface area contributed by atoms with Gasteiger partial charge in [0.25, 0.3) is 0 Å². The van der Waals surface area contributed by atoms with Gasteiger partial charge >= 0.3 is 0 Å². The van der Waals surface area contributed by atoms with E-state index in [4.69, 9.17) is 14.7 Å².